The molecular weight excluding hydrogens is 610 g/mol. The predicted octanol–water partition coefficient (Wildman–Crippen LogP) is 10.9. The number of hydrogen-bond donors (Lipinski definition) is 5. The van der Waals surface area contributed by atoms with Gasteiger partial charge in [-0.25, -0.2) is 0 Å². The minimum Gasteiger partial charge on any atom is -0.394 e. The van der Waals surface area contributed by atoms with Crippen LogP contribution in [0.25, 0.3) is 0 Å². The van der Waals surface area contributed by atoms with Crippen LogP contribution in [0.5, 0.6) is 0 Å². The summed E-state index contributed by atoms with van der Waals surface area (Å²) >= 11 is 0. The van der Waals surface area contributed by atoms with E-state index in [1.807, 2.05) is 12.2 Å². The molecule has 0 saturated carbocycles. The Bertz CT molecular complexity index is 716. The molecule has 0 aliphatic heterocycles. The Morgan fingerprint density at radius 1 is 0.571 bits per heavy atom. The SMILES string of the molecule is CCCCCCCCCCCCCCCCCCC/C=C/C[C@@H](O)C(=O)N[C@@H](CO)C(O)[C@H](O)CCCCCCCCCCCC(C)CC. The third kappa shape index (κ3) is 31.5. The van der Waals surface area contributed by atoms with Crippen LogP contribution in [0.4, 0.5) is 0 Å². The number of carbonyl (C=O) groups is 1. The highest BCUT2D eigenvalue weighted by atomic mass is 16.3. The molecule has 6 heteroatoms. The van der Waals surface area contributed by atoms with Crippen molar-refractivity contribution in [3.8, 4) is 0 Å². The van der Waals surface area contributed by atoms with Crippen molar-refractivity contribution in [3.63, 3.8) is 0 Å². The van der Waals surface area contributed by atoms with Crippen LogP contribution in [0.2, 0.25) is 0 Å². The highest BCUT2D eigenvalue weighted by Crippen LogP contribution is 2.17. The zero-order valence-electron chi connectivity index (χ0n) is 32.9. The second-order valence-electron chi connectivity index (χ2n) is 15.3. The molecule has 0 aliphatic rings. The normalized spacial score (nSPS) is 15.0. The monoisotopic (exact) mass is 696 g/mol. The Labute approximate surface area is 304 Å². The highest BCUT2D eigenvalue weighted by Gasteiger charge is 2.28. The maximum Gasteiger partial charge on any atom is 0.249 e. The van der Waals surface area contributed by atoms with Crippen LogP contribution < -0.4 is 5.32 Å². The zero-order chi connectivity index (χ0) is 36.2. The van der Waals surface area contributed by atoms with Crippen molar-refractivity contribution >= 4 is 5.91 Å². The Morgan fingerprint density at radius 2 is 0.980 bits per heavy atom. The molecule has 2 unspecified atom stereocenters. The second-order valence-corrected chi connectivity index (χ2v) is 15.3. The summed E-state index contributed by atoms with van der Waals surface area (Å²) in [7, 11) is 0. The molecule has 49 heavy (non-hydrogen) atoms. The summed E-state index contributed by atoms with van der Waals surface area (Å²) in [6, 6.07) is -1.00. The molecule has 0 bridgehead atoms. The van der Waals surface area contributed by atoms with Crippen LogP contribution in [0.3, 0.4) is 0 Å². The van der Waals surface area contributed by atoms with E-state index in [-0.39, 0.29) is 6.42 Å². The summed E-state index contributed by atoms with van der Waals surface area (Å²) in [5.41, 5.74) is 0. The Balaban J connectivity index is 3.77. The minimum absolute atomic E-state index is 0.194. The van der Waals surface area contributed by atoms with Gasteiger partial charge >= 0.3 is 0 Å². The first-order valence-electron chi connectivity index (χ1n) is 21.5. The number of hydrogen-bond acceptors (Lipinski definition) is 5. The fraction of sp³-hybridized carbons (Fsp3) is 0.930. The van der Waals surface area contributed by atoms with E-state index in [4.69, 9.17) is 0 Å². The first-order chi connectivity index (χ1) is 23.9. The van der Waals surface area contributed by atoms with Crippen molar-refractivity contribution in [1.82, 2.24) is 5.32 Å². The van der Waals surface area contributed by atoms with Crippen molar-refractivity contribution < 1.29 is 25.2 Å². The van der Waals surface area contributed by atoms with Gasteiger partial charge in [0.15, 0.2) is 0 Å². The van der Waals surface area contributed by atoms with Gasteiger partial charge in [0, 0.05) is 6.42 Å². The fourth-order valence-corrected chi connectivity index (χ4v) is 6.68. The van der Waals surface area contributed by atoms with Crippen LogP contribution >= 0.6 is 0 Å². The lowest BCUT2D eigenvalue weighted by molar-refractivity contribution is -0.132. The fourth-order valence-electron chi connectivity index (χ4n) is 6.68. The van der Waals surface area contributed by atoms with E-state index < -0.39 is 36.9 Å². The molecule has 5 atom stereocenters. The maximum absolute atomic E-state index is 12.5. The Hall–Kier alpha value is -0.950. The van der Waals surface area contributed by atoms with Gasteiger partial charge < -0.3 is 25.7 Å². The lowest BCUT2D eigenvalue weighted by atomic mass is 9.98. The lowest BCUT2D eigenvalue weighted by Crippen LogP contribution is -2.53. The van der Waals surface area contributed by atoms with Gasteiger partial charge in [-0.3, -0.25) is 4.79 Å². The molecule has 0 saturated heterocycles. The predicted molar refractivity (Wildman–Crippen MR) is 210 cm³/mol. The largest absolute Gasteiger partial charge is 0.394 e. The van der Waals surface area contributed by atoms with Crippen molar-refractivity contribution in [3.05, 3.63) is 12.2 Å². The van der Waals surface area contributed by atoms with Crippen LogP contribution in [-0.4, -0.2) is 57.3 Å². The summed E-state index contributed by atoms with van der Waals surface area (Å²) in [6.45, 7) is 6.38. The first-order valence-corrected chi connectivity index (χ1v) is 21.5. The molecule has 0 fully saturated rings. The topological polar surface area (TPSA) is 110 Å². The summed E-state index contributed by atoms with van der Waals surface area (Å²) in [5, 5.41) is 43.5. The number of aliphatic hydroxyl groups is 4. The summed E-state index contributed by atoms with van der Waals surface area (Å²) in [4.78, 5) is 12.5. The van der Waals surface area contributed by atoms with Crippen molar-refractivity contribution in [2.75, 3.05) is 6.61 Å². The smallest absolute Gasteiger partial charge is 0.249 e. The van der Waals surface area contributed by atoms with Crippen molar-refractivity contribution in [2.24, 2.45) is 5.92 Å². The van der Waals surface area contributed by atoms with Crippen LogP contribution in [0.15, 0.2) is 12.2 Å². The number of nitrogens with one attached hydrogen (secondary N) is 1. The van der Waals surface area contributed by atoms with Gasteiger partial charge in [-0.2, -0.15) is 0 Å². The van der Waals surface area contributed by atoms with Crippen LogP contribution in [0.1, 0.15) is 220 Å². The molecule has 1 amide bonds. The van der Waals surface area contributed by atoms with E-state index in [0.717, 1.165) is 38.0 Å². The number of aliphatic hydroxyl groups excluding tert-OH is 4. The second kappa shape index (κ2) is 36.8. The summed E-state index contributed by atoms with van der Waals surface area (Å²) < 4.78 is 0. The average molecular weight is 696 g/mol. The standard InChI is InChI=1S/C43H85NO5/c1-4-6-7-8-9-10-11-12-13-14-15-16-17-18-19-20-23-27-30-33-36-41(47)43(49)44-39(37-45)42(48)40(46)35-32-29-26-24-21-22-25-28-31-34-38(3)5-2/h30,33,38-42,45-48H,4-29,31-32,34-37H2,1-3H3,(H,44,49)/b33-30+/t38?,39-,40+,41+,42?/m0/s1. The zero-order valence-corrected chi connectivity index (χ0v) is 32.9. The van der Waals surface area contributed by atoms with Crippen LogP contribution in [-0.2, 0) is 4.79 Å². The van der Waals surface area contributed by atoms with E-state index in [2.05, 4.69) is 26.1 Å². The summed E-state index contributed by atoms with van der Waals surface area (Å²) in [6.07, 6.45) is 38.3. The highest BCUT2D eigenvalue weighted by molar-refractivity contribution is 5.81. The number of carbonyl (C=O) groups excluding carboxylic acids is 1. The maximum atomic E-state index is 12.5. The molecule has 292 valence electrons. The van der Waals surface area contributed by atoms with Crippen molar-refractivity contribution in [2.45, 2.75) is 244 Å². The Kier molecular flexibility index (Phi) is 36.1. The van der Waals surface area contributed by atoms with Gasteiger partial charge in [0.2, 0.25) is 5.91 Å². The summed E-state index contributed by atoms with van der Waals surface area (Å²) in [5.74, 6) is 0.220. The van der Waals surface area contributed by atoms with Gasteiger partial charge in [0.1, 0.15) is 12.2 Å². The average Bonchev–Trinajstić information content (AvgIpc) is 3.11. The van der Waals surface area contributed by atoms with E-state index in [1.165, 1.54) is 154 Å². The molecule has 0 aromatic rings. The number of allylic oxidation sites excluding steroid dienone is 1. The molecule has 0 spiro atoms. The van der Waals surface area contributed by atoms with Gasteiger partial charge in [-0.1, -0.05) is 206 Å². The molecule has 0 aromatic carbocycles. The first kappa shape index (κ1) is 48.0. The molecule has 0 radical (unpaired) electrons. The third-order valence-corrected chi connectivity index (χ3v) is 10.5. The molecule has 0 rings (SSSR count). The van der Waals surface area contributed by atoms with E-state index in [0.29, 0.717) is 6.42 Å². The van der Waals surface area contributed by atoms with E-state index in [9.17, 15) is 25.2 Å². The number of rotatable bonds is 38. The quantitative estimate of drug-likeness (QED) is 0.0326. The van der Waals surface area contributed by atoms with Gasteiger partial charge in [0.25, 0.3) is 0 Å². The Morgan fingerprint density at radius 3 is 1.41 bits per heavy atom. The molecule has 0 aliphatic carbocycles. The minimum atomic E-state index is -1.27. The van der Waals surface area contributed by atoms with Crippen LogP contribution in [0, 0.1) is 5.92 Å². The van der Waals surface area contributed by atoms with Gasteiger partial charge in [0.05, 0.1) is 18.8 Å². The molecule has 5 N–H and O–H groups in total. The van der Waals surface area contributed by atoms with Crippen molar-refractivity contribution in [1.29, 1.82) is 0 Å². The molecular formula is C43H85NO5. The molecule has 0 aromatic heterocycles. The number of unbranched alkanes of at least 4 members (excludes halogenated alkanes) is 25. The third-order valence-electron chi connectivity index (χ3n) is 10.5. The number of amides is 1. The van der Waals surface area contributed by atoms with Gasteiger partial charge in [-0.15, -0.1) is 0 Å². The van der Waals surface area contributed by atoms with E-state index >= 15 is 0 Å². The lowest BCUT2D eigenvalue weighted by Gasteiger charge is -2.27. The van der Waals surface area contributed by atoms with E-state index in [1.54, 1.807) is 0 Å². The van der Waals surface area contributed by atoms with Gasteiger partial charge in [-0.05, 0) is 25.2 Å². The molecule has 6 nitrogen and oxygen atoms in total. The molecule has 0 heterocycles.